The van der Waals surface area contributed by atoms with Crippen LogP contribution in [0.4, 0.5) is 11.4 Å². The molecule has 1 aliphatic rings. The minimum Gasteiger partial charge on any atom is -0.379 e. The van der Waals surface area contributed by atoms with Crippen LogP contribution in [-0.4, -0.2) is 49.9 Å². The van der Waals surface area contributed by atoms with Crippen molar-refractivity contribution < 1.29 is 22.9 Å². The van der Waals surface area contributed by atoms with E-state index in [1.807, 2.05) is 0 Å². The number of nitrogens with one attached hydrogen (secondary N) is 1. The Kier molecular flexibility index (Phi) is 6.60. The van der Waals surface area contributed by atoms with Gasteiger partial charge in [0, 0.05) is 30.9 Å². The average molecular weight is 431 g/mol. The first-order valence-corrected chi connectivity index (χ1v) is 10.6. The summed E-state index contributed by atoms with van der Waals surface area (Å²) >= 11 is 0. The van der Waals surface area contributed by atoms with Crippen molar-refractivity contribution in [3.63, 3.8) is 0 Å². The largest absolute Gasteiger partial charge is 0.379 e. The molecule has 9 nitrogen and oxygen atoms in total. The third kappa shape index (κ3) is 4.90. The summed E-state index contributed by atoms with van der Waals surface area (Å²) in [6.07, 6.45) is 2.52. The molecule has 0 aliphatic carbocycles. The molecule has 1 N–H and O–H groups in total. The maximum atomic E-state index is 12.8. The summed E-state index contributed by atoms with van der Waals surface area (Å²) in [7, 11) is -3.70. The second-order valence-electron chi connectivity index (χ2n) is 6.63. The number of anilines is 1. The molecule has 2 aromatic rings. The van der Waals surface area contributed by atoms with Gasteiger partial charge in [0.15, 0.2) is 0 Å². The molecular formula is C20H21N3O6S. The molecule has 0 atom stereocenters. The van der Waals surface area contributed by atoms with Gasteiger partial charge in [0.25, 0.3) is 5.69 Å². The number of nitro benzene ring substituents is 1. The van der Waals surface area contributed by atoms with E-state index in [1.54, 1.807) is 25.1 Å². The number of rotatable bonds is 6. The van der Waals surface area contributed by atoms with Crippen LogP contribution in [0.25, 0.3) is 6.08 Å². The van der Waals surface area contributed by atoms with Gasteiger partial charge >= 0.3 is 0 Å². The maximum absolute atomic E-state index is 12.8. The molecule has 10 heteroatoms. The lowest BCUT2D eigenvalue weighted by Gasteiger charge is -2.26. The Bertz CT molecular complexity index is 1090. The topological polar surface area (TPSA) is 119 Å². The Morgan fingerprint density at radius 2 is 1.90 bits per heavy atom. The standard InChI is InChI=1S/C20H21N3O6S/c1-15-6-8-17(30(27,28)22-10-12-29-13-11-22)14-18(15)21-20(24)9-7-16-4-2-3-5-19(16)23(25)26/h2-9,14H,10-13H2,1H3,(H,21,24)/b9-7+. The first-order chi connectivity index (χ1) is 14.3. The fourth-order valence-corrected chi connectivity index (χ4v) is 4.40. The third-order valence-corrected chi connectivity index (χ3v) is 6.52. The first kappa shape index (κ1) is 21.6. The lowest BCUT2D eigenvalue weighted by atomic mass is 10.1. The fourth-order valence-electron chi connectivity index (χ4n) is 2.97. The van der Waals surface area contributed by atoms with E-state index in [0.29, 0.717) is 24.5 Å². The number of para-hydroxylation sites is 1. The van der Waals surface area contributed by atoms with E-state index in [2.05, 4.69) is 5.32 Å². The highest BCUT2D eigenvalue weighted by Gasteiger charge is 2.26. The molecule has 1 amide bonds. The number of carbonyl (C=O) groups excluding carboxylic acids is 1. The second-order valence-corrected chi connectivity index (χ2v) is 8.57. The molecule has 0 bridgehead atoms. The Morgan fingerprint density at radius 3 is 2.60 bits per heavy atom. The molecule has 2 aromatic carbocycles. The average Bonchev–Trinajstić information content (AvgIpc) is 2.74. The van der Waals surface area contributed by atoms with Crippen molar-refractivity contribution in [1.29, 1.82) is 0 Å². The quantitative estimate of drug-likeness (QED) is 0.427. The maximum Gasteiger partial charge on any atom is 0.276 e. The molecule has 1 aliphatic heterocycles. The van der Waals surface area contributed by atoms with Gasteiger partial charge in [-0.3, -0.25) is 14.9 Å². The van der Waals surface area contributed by atoms with Gasteiger partial charge in [-0.15, -0.1) is 0 Å². The van der Waals surface area contributed by atoms with Gasteiger partial charge in [-0.1, -0.05) is 18.2 Å². The summed E-state index contributed by atoms with van der Waals surface area (Å²) in [4.78, 5) is 23.0. The number of benzene rings is 2. The fraction of sp³-hybridized carbons (Fsp3) is 0.250. The van der Waals surface area contributed by atoms with Crippen LogP contribution >= 0.6 is 0 Å². The van der Waals surface area contributed by atoms with E-state index in [4.69, 9.17) is 4.74 Å². The van der Waals surface area contributed by atoms with Gasteiger partial charge in [-0.05, 0) is 36.8 Å². The number of nitrogens with zero attached hydrogens (tertiary/aromatic N) is 2. The van der Waals surface area contributed by atoms with E-state index in [0.717, 1.165) is 0 Å². The van der Waals surface area contributed by atoms with E-state index in [-0.39, 0.29) is 29.2 Å². The van der Waals surface area contributed by atoms with E-state index in [1.165, 1.54) is 40.7 Å². The minimum absolute atomic E-state index is 0.0768. The number of carbonyl (C=O) groups is 1. The lowest BCUT2D eigenvalue weighted by Crippen LogP contribution is -2.40. The number of nitro groups is 1. The van der Waals surface area contributed by atoms with Gasteiger partial charge in [0.05, 0.1) is 28.6 Å². The molecule has 0 saturated carbocycles. The van der Waals surface area contributed by atoms with Crippen LogP contribution in [0, 0.1) is 17.0 Å². The summed E-state index contributed by atoms with van der Waals surface area (Å²) in [6.45, 7) is 2.97. The van der Waals surface area contributed by atoms with Crippen LogP contribution in [0.5, 0.6) is 0 Å². The highest BCUT2D eigenvalue weighted by atomic mass is 32.2. The molecule has 1 heterocycles. The van der Waals surface area contributed by atoms with Crippen LogP contribution < -0.4 is 5.32 Å². The SMILES string of the molecule is Cc1ccc(S(=O)(=O)N2CCOCC2)cc1NC(=O)/C=C/c1ccccc1[N+](=O)[O-]. The summed E-state index contributed by atoms with van der Waals surface area (Å²) in [6, 6.07) is 10.6. The highest BCUT2D eigenvalue weighted by molar-refractivity contribution is 7.89. The number of morpholine rings is 1. The van der Waals surface area contributed by atoms with Crippen LogP contribution in [0.2, 0.25) is 0 Å². The highest BCUT2D eigenvalue weighted by Crippen LogP contribution is 2.24. The van der Waals surface area contributed by atoms with Crippen LogP contribution in [-0.2, 0) is 19.6 Å². The van der Waals surface area contributed by atoms with Crippen molar-refractivity contribution in [2.75, 3.05) is 31.6 Å². The normalized spacial score (nSPS) is 15.2. The van der Waals surface area contributed by atoms with E-state index in [9.17, 15) is 23.3 Å². The molecule has 1 saturated heterocycles. The molecular weight excluding hydrogens is 410 g/mol. The van der Waals surface area contributed by atoms with Gasteiger partial charge in [-0.2, -0.15) is 4.31 Å². The van der Waals surface area contributed by atoms with Crippen molar-refractivity contribution in [1.82, 2.24) is 4.31 Å². The zero-order valence-corrected chi connectivity index (χ0v) is 17.1. The lowest BCUT2D eigenvalue weighted by molar-refractivity contribution is -0.385. The summed E-state index contributed by atoms with van der Waals surface area (Å²) in [5.74, 6) is -0.530. The Balaban J connectivity index is 1.79. The van der Waals surface area contributed by atoms with Crippen molar-refractivity contribution in [2.45, 2.75) is 11.8 Å². The van der Waals surface area contributed by atoms with E-state index >= 15 is 0 Å². The molecule has 0 radical (unpaired) electrons. The predicted molar refractivity (Wildman–Crippen MR) is 112 cm³/mol. The van der Waals surface area contributed by atoms with Crippen molar-refractivity contribution in [3.05, 3.63) is 69.8 Å². The molecule has 3 rings (SSSR count). The molecule has 1 fully saturated rings. The number of sulfonamides is 1. The smallest absolute Gasteiger partial charge is 0.276 e. The summed E-state index contributed by atoms with van der Waals surface area (Å²) in [5.41, 5.74) is 1.21. The summed E-state index contributed by atoms with van der Waals surface area (Å²) < 4.78 is 32.2. The molecule has 0 unspecified atom stereocenters. The first-order valence-electron chi connectivity index (χ1n) is 9.20. The zero-order valence-electron chi connectivity index (χ0n) is 16.3. The van der Waals surface area contributed by atoms with Crippen molar-refractivity contribution >= 4 is 33.4 Å². The van der Waals surface area contributed by atoms with Gasteiger partial charge < -0.3 is 10.1 Å². The number of hydrogen-bond acceptors (Lipinski definition) is 6. The predicted octanol–water partition coefficient (Wildman–Crippen LogP) is 2.58. The molecule has 0 aromatic heterocycles. The zero-order chi connectivity index (χ0) is 21.7. The number of amides is 1. The number of ether oxygens (including phenoxy) is 1. The van der Waals surface area contributed by atoms with Crippen LogP contribution in [0.1, 0.15) is 11.1 Å². The van der Waals surface area contributed by atoms with Crippen molar-refractivity contribution in [2.24, 2.45) is 0 Å². The summed E-state index contributed by atoms with van der Waals surface area (Å²) in [5, 5.41) is 13.7. The van der Waals surface area contributed by atoms with Gasteiger partial charge in [0.1, 0.15) is 0 Å². The second kappa shape index (κ2) is 9.16. The van der Waals surface area contributed by atoms with E-state index < -0.39 is 20.9 Å². The molecule has 0 spiro atoms. The van der Waals surface area contributed by atoms with Crippen LogP contribution in [0.3, 0.4) is 0 Å². The van der Waals surface area contributed by atoms with Crippen LogP contribution in [0.15, 0.2) is 53.4 Å². The third-order valence-electron chi connectivity index (χ3n) is 4.62. The number of aryl methyl sites for hydroxylation is 1. The molecule has 30 heavy (non-hydrogen) atoms. The molecule has 158 valence electrons. The van der Waals surface area contributed by atoms with Crippen molar-refractivity contribution in [3.8, 4) is 0 Å². The number of hydrogen-bond donors (Lipinski definition) is 1. The van der Waals surface area contributed by atoms with Gasteiger partial charge in [-0.25, -0.2) is 8.42 Å². The Labute approximate surface area is 174 Å². The van der Waals surface area contributed by atoms with Gasteiger partial charge in [0.2, 0.25) is 15.9 Å². The Hall–Kier alpha value is -3.08. The monoisotopic (exact) mass is 431 g/mol. The minimum atomic E-state index is -3.70. The Morgan fingerprint density at radius 1 is 1.20 bits per heavy atom.